The van der Waals surface area contributed by atoms with Crippen molar-refractivity contribution >= 4 is 23.6 Å². The summed E-state index contributed by atoms with van der Waals surface area (Å²) in [5.74, 6) is -3.36. The fraction of sp³-hybridized carbons (Fsp3) is 0.524. The van der Waals surface area contributed by atoms with Crippen LogP contribution in [0.3, 0.4) is 0 Å². The predicted molar refractivity (Wildman–Crippen MR) is 102 cm³/mol. The second kappa shape index (κ2) is 6.93. The Morgan fingerprint density at radius 3 is 2.25 bits per heavy atom. The van der Waals surface area contributed by atoms with Gasteiger partial charge in [-0.3, -0.25) is 9.59 Å². The second-order valence-electron chi connectivity index (χ2n) is 8.59. The number of hydrogen-bond donors (Lipinski definition) is 0. The minimum atomic E-state index is -4.83. The quantitative estimate of drug-likeness (QED) is 0.641. The molecule has 3 saturated heterocycles. The molecule has 0 aromatic heterocycles. The van der Waals surface area contributed by atoms with Crippen molar-refractivity contribution in [1.82, 2.24) is 4.90 Å². The summed E-state index contributed by atoms with van der Waals surface area (Å²) in [4.78, 5) is 41.1. The fourth-order valence-electron chi connectivity index (χ4n) is 5.24. The summed E-state index contributed by atoms with van der Waals surface area (Å²) in [7, 11) is 0. The summed E-state index contributed by atoms with van der Waals surface area (Å²) in [6.45, 7) is 5.02. The lowest BCUT2D eigenvalue weighted by atomic mass is 9.79. The van der Waals surface area contributed by atoms with Gasteiger partial charge >= 0.3 is 12.3 Å². The molecule has 3 heterocycles. The zero-order valence-electron chi connectivity index (χ0n) is 17.5. The normalized spacial score (nSPS) is 31.5. The lowest BCUT2D eigenvalue weighted by Gasteiger charge is -2.44. The highest BCUT2D eigenvalue weighted by molar-refractivity contribution is 6.23. The maximum Gasteiger partial charge on any atom is 0.417 e. The molecule has 0 aliphatic carbocycles. The molecule has 0 N–H and O–H groups in total. The predicted octanol–water partition coefficient (Wildman–Crippen LogP) is 2.70. The van der Waals surface area contributed by atoms with E-state index in [1.54, 1.807) is 20.8 Å². The average Bonchev–Trinajstić information content (AvgIpc) is 3.07. The van der Waals surface area contributed by atoms with Gasteiger partial charge in [0.25, 0.3) is 0 Å². The third-order valence-electron chi connectivity index (χ3n) is 6.31. The number of imide groups is 1. The van der Waals surface area contributed by atoms with Crippen LogP contribution in [0.5, 0.6) is 0 Å². The zero-order chi connectivity index (χ0) is 23.6. The molecule has 3 aliphatic rings. The molecule has 1 aromatic rings. The van der Waals surface area contributed by atoms with Crippen LogP contribution in [0.1, 0.15) is 31.9 Å². The molecule has 1 aromatic carbocycles. The number of halogens is 3. The molecular weight excluding hydrogens is 431 g/mol. The van der Waals surface area contributed by atoms with Crippen LogP contribution in [0.15, 0.2) is 18.2 Å². The lowest BCUT2D eigenvalue weighted by Crippen LogP contribution is -2.59. The van der Waals surface area contributed by atoms with E-state index in [0.717, 1.165) is 17.0 Å². The van der Waals surface area contributed by atoms with Crippen LogP contribution in [0.25, 0.3) is 0 Å². The van der Waals surface area contributed by atoms with Crippen molar-refractivity contribution in [3.05, 3.63) is 29.3 Å². The number of fused-ring (bicyclic) bond motifs is 5. The summed E-state index contributed by atoms with van der Waals surface area (Å²) >= 11 is 0. The molecule has 2 bridgehead atoms. The van der Waals surface area contributed by atoms with Gasteiger partial charge in [0.1, 0.15) is 0 Å². The summed E-state index contributed by atoms with van der Waals surface area (Å²) in [6.07, 6.45) is -5.42. The molecule has 0 saturated carbocycles. The number of morpholine rings is 1. The van der Waals surface area contributed by atoms with Gasteiger partial charge in [-0.15, -0.1) is 0 Å². The molecular formula is C21H20F3N3O5. The Balaban J connectivity index is 1.73. The van der Waals surface area contributed by atoms with Crippen LogP contribution in [-0.4, -0.2) is 53.7 Å². The highest BCUT2D eigenvalue weighted by Crippen LogP contribution is 2.55. The first kappa shape index (κ1) is 22.1. The zero-order valence-corrected chi connectivity index (χ0v) is 17.5. The first-order valence-corrected chi connectivity index (χ1v) is 9.97. The Morgan fingerprint density at radius 1 is 1.22 bits per heavy atom. The molecule has 8 nitrogen and oxygen atoms in total. The lowest BCUT2D eigenvalue weighted by molar-refractivity contribution is -0.164. The van der Waals surface area contributed by atoms with Gasteiger partial charge in [-0.2, -0.15) is 18.4 Å². The molecule has 4 atom stereocenters. The van der Waals surface area contributed by atoms with Gasteiger partial charge in [0, 0.05) is 0 Å². The van der Waals surface area contributed by atoms with E-state index in [2.05, 4.69) is 0 Å². The highest BCUT2D eigenvalue weighted by Gasteiger charge is 2.72. The number of alkyl halides is 3. The summed E-state index contributed by atoms with van der Waals surface area (Å²) in [5, 5.41) is 9.00. The van der Waals surface area contributed by atoms with Crippen LogP contribution < -0.4 is 4.90 Å². The summed E-state index contributed by atoms with van der Waals surface area (Å²) in [5.41, 5.74) is -4.52. The van der Waals surface area contributed by atoms with E-state index in [1.807, 2.05) is 0 Å². The molecule has 3 aliphatic heterocycles. The van der Waals surface area contributed by atoms with Crippen LogP contribution in [0, 0.1) is 23.2 Å². The number of benzene rings is 1. The molecule has 11 heteroatoms. The van der Waals surface area contributed by atoms with Gasteiger partial charge in [-0.05, 0) is 39.0 Å². The van der Waals surface area contributed by atoms with E-state index in [1.165, 1.54) is 11.0 Å². The van der Waals surface area contributed by atoms with Gasteiger partial charge < -0.3 is 14.4 Å². The number of nitriles is 1. The Kier molecular flexibility index (Phi) is 4.78. The van der Waals surface area contributed by atoms with Crippen LogP contribution in [-0.2, 0) is 25.2 Å². The molecule has 3 fully saturated rings. The number of hydrogen-bond acceptors (Lipinski definition) is 6. The van der Waals surface area contributed by atoms with E-state index in [0.29, 0.717) is 6.07 Å². The number of carbonyl (C=O) groups excluding carboxylic acids is 3. The fourth-order valence-corrected chi connectivity index (χ4v) is 5.24. The van der Waals surface area contributed by atoms with E-state index in [-0.39, 0.29) is 25.4 Å². The number of amides is 3. The molecule has 170 valence electrons. The van der Waals surface area contributed by atoms with Gasteiger partial charge in [0.2, 0.25) is 11.8 Å². The highest BCUT2D eigenvalue weighted by atomic mass is 19.4. The van der Waals surface area contributed by atoms with Crippen LogP contribution in [0.4, 0.5) is 23.7 Å². The SMILES string of the molecule is CCOC(=O)N1CC2(C)OC(C)(C1)C1C(=O)N(c3ccc(C#N)c(C(F)(F)F)c3)C(=O)C12. The number of rotatable bonds is 2. The van der Waals surface area contributed by atoms with Gasteiger partial charge in [0.05, 0.1) is 65.6 Å². The van der Waals surface area contributed by atoms with E-state index >= 15 is 0 Å². The Hall–Kier alpha value is -3.13. The van der Waals surface area contributed by atoms with Crippen molar-refractivity contribution < 1.29 is 37.0 Å². The van der Waals surface area contributed by atoms with Crippen LogP contribution >= 0.6 is 0 Å². The standard InChI is InChI=1S/C21H20F3N3O5/c1-4-31-18(30)26-9-19(2)14-15(20(3,10-26)32-19)17(29)27(16(14)28)12-6-5-11(8-25)13(7-12)21(22,23)24/h5-7,14-15H,4,9-10H2,1-3H3. The Morgan fingerprint density at radius 2 is 1.78 bits per heavy atom. The van der Waals surface area contributed by atoms with Crippen molar-refractivity contribution in [2.45, 2.75) is 38.1 Å². The minimum absolute atomic E-state index is 0.00335. The second-order valence-corrected chi connectivity index (χ2v) is 8.59. The minimum Gasteiger partial charge on any atom is -0.450 e. The third kappa shape index (κ3) is 3.04. The van der Waals surface area contributed by atoms with Gasteiger partial charge in [-0.1, -0.05) is 0 Å². The number of likely N-dealkylation sites (tertiary alicyclic amines) is 1. The maximum atomic E-state index is 13.4. The van der Waals surface area contributed by atoms with Crippen molar-refractivity contribution in [2.75, 3.05) is 24.6 Å². The number of carbonyl (C=O) groups is 3. The number of ether oxygens (including phenoxy) is 2. The average molecular weight is 451 g/mol. The molecule has 4 rings (SSSR count). The Labute approximate surface area is 181 Å². The van der Waals surface area contributed by atoms with Crippen LogP contribution in [0.2, 0.25) is 0 Å². The number of anilines is 1. The van der Waals surface area contributed by atoms with Crippen molar-refractivity contribution in [3.63, 3.8) is 0 Å². The smallest absolute Gasteiger partial charge is 0.417 e. The van der Waals surface area contributed by atoms with E-state index in [4.69, 9.17) is 14.7 Å². The van der Waals surface area contributed by atoms with E-state index < -0.39 is 58.2 Å². The molecule has 4 unspecified atom stereocenters. The van der Waals surface area contributed by atoms with Crippen molar-refractivity contribution in [3.8, 4) is 6.07 Å². The first-order valence-electron chi connectivity index (χ1n) is 9.97. The topological polar surface area (TPSA) is 99.9 Å². The van der Waals surface area contributed by atoms with Gasteiger partial charge in [0.15, 0.2) is 0 Å². The third-order valence-corrected chi connectivity index (χ3v) is 6.31. The van der Waals surface area contributed by atoms with E-state index in [9.17, 15) is 27.6 Å². The van der Waals surface area contributed by atoms with Crippen molar-refractivity contribution in [1.29, 1.82) is 5.26 Å². The monoisotopic (exact) mass is 451 g/mol. The first-order chi connectivity index (χ1) is 14.9. The summed E-state index contributed by atoms with van der Waals surface area (Å²) in [6, 6.07) is 4.21. The number of nitrogens with zero attached hydrogens (tertiary/aromatic N) is 3. The molecule has 0 spiro atoms. The van der Waals surface area contributed by atoms with Crippen molar-refractivity contribution in [2.24, 2.45) is 11.8 Å². The maximum absolute atomic E-state index is 13.4. The van der Waals surface area contributed by atoms with Gasteiger partial charge in [-0.25, -0.2) is 9.69 Å². The molecule has 0 radical (unpaired) electrons. The molecule has 3 amide bonds. The largest absolute Gasteiger partial charge is 0.450 e. The Bertz CT molecular complexity index is 1030. The summed E-state index contributed by atoms with van der Waals surface area (Å²) < 4.78 is 51.4. The molecule has 32 heavy (non-hydrogen) atoms.